The maximum Gasteiger partial charge on any atom is 0.217 e. The van der Waals surface area contributed by atoms with E-state index in [9.17, 15) is 10.0 Å². The predicted molar refractivity (Wildman–Crippen MR) is 92.1 cm³/mol. The highest BCUT2D eigenvalue weighted by atomic mass is 35.5. The number of para-hydroxylation sites is 1. The second-order valence-corrected chi connectivity index (χ2v) is 5.47. The number of rotatable bonds is 4. The van der Waals surface area contributed by atoms with Crippen molar-refractivity contribution < 1.29 is 10.0 Å². The number of thioether (sulfide) groups is 1. The molecule has 0 aliphatic heterocycles. The zero-order valence-electron chi connectivity index (χ0n) is 11.7. The van der Waals surface area contributed by atoms with Crippen molar-refractivity contribution >= 4 is 45.6 Å². The second kappa shape index (κ2) is 7.77. The van der Waals surface area contributed by atoms with Crippen LogP contribution in [0.15, 0.2) is 64.7 Å². The second-order valence-electron chi connectivity index (χ2n) is 4.24. The van der Waals surface area contributed by atoms with E-state index < -0.39 is 5.78 Å². The number of carbonyl (C=O) groups is 1. The van der Waals surface area contributed by atoms with E-state index >= 15 is 0 Å². The summed E-state index contributed by atoms with van der Waals surface area (Å²) in [7, 11) is 0. The molecule has 0 spiro atoms. The Hall–Kier alpha value is -2.11. The lowest BCUT2D eigenvalue weighted by Crippen LogP contribution is -2.22. The molecular formula is C16H13ClN2O2S. The van der Waals surface area contributed by atoms with Crippen molar-refractivity contribution in [1.82, 2.24) is 0 Å². The Bertz CT molecular complexity index is 713. The number of benzene rings is 2. The lowest BCUT2D eigenvalue weighted by Gasteiger charge is -2.06. The molecule has 2 aromatic carbocycles. The molecule has 0 fully saturated rings. The molecule has 0 heterocycles. The summed E-state index contributed by atoms with van der Waals surface area (Å²) < 4.78 is 0. The molecule has 0 aliphatic carbocycles. The van der Waals surface area contributed by atoms with Gasteiger partial charge in [0.15, 0.2) is 5.71 Å². The number of hydrogen-bond donors (Lipinski definition) is 1. The summed E-state index contributed by atoms with van der Waals surface area (Å²) in [6.07, 6.45) is 1.77. The maximum absolute atomic E-state index is 12.4. The SMILES string of the molecule is CSC(=Nc1ccccc1)/C(=N/O)C(=O)c1ccc(Cl)cc1. The van der Waals surface area contributed by atoms with Gasteiger partial charge in [-0.2, -0.15) is 0 Å². The minimum Gasteiger partial charge on any atom is -0.410 e. The van der Waals surface area contributed by atoms with Crippen LogP contribution in [0.2, 0.25) is 5.02 Å². The van der Waals surface area contributed by atoms with Crippen molar-refractivity contribution in [2.24, 2.45) is 10.1 Å². The molecule has 0 unspecified atom stereocenters. The minimum atomic E-state index is -0.414. The van der Waals surface area contributed by atoms with Crippen LogP contribution in [0.1, 0.15) is 10.4 Å². The molecule has 0 aliphatic rings. The molecule has 2 rings (SSSR count). The first-order valence-corrected chi connectivity index (χ1v) is 7.96. The van der Waals surface area contributed by atoms with Crippen LogP contribution in [0.5, 0.6) is 0 Å². The van der Waals surface area contributed by atoms with Crippen LogP contribution >= 0.6 is 23.4 Å². The van der Waals surface area contributed by atoms with E-state index in [4.69, 9.17) is 11.6 Å². The van der Waals surface area contributed by atoms with Crippen LogP contribution < -0.4 is 0 Å². The summed E-state index contributed by atoms with van der Waals surface area (Å²) in [5.41, 5.74) is 0.961. The minimum absolute atomic E-state index is 0.0984. The number of nitrogens with zero attached hydrogens (tertiary/aromatic N) is 2. The summed E-state index contributed by atoms with van der Waals surface area (Å²) >= 11 is 7.04. The van der Waals surface area contributed by atoms with Crippen molar-refractivity contribution in [3.05, 3.63) is 65.2 Å². The molecule has 0 atom stereocenters. The van der Waals surface area contributed by atoms with Gasteiger partial charge in [0.1, 0.15) is 5.04 Å². The quantitative estimate of drug-likeness (QED) is 0.296. The van der Waals surface area contributed by atoms with E-state index in [1.807, 2.05) is 18.2 Å². The standard InChI is InChI=1S/C16H13ClN2O2S/c1-22-16(18-13-5-3-2-4-6-13)14(19-21)15(20)11-7-9-12(17)10-8-11/h2-10,21H,1H3/b18-16?,19-14+. The van der Waals surface area contributed by atoms with E-state index in [0.717, 1.165) is 0 Å². The van der Waals surface area contributed by atoms with Crippen LogP contribution in [0.25, 0.3) is 0 Å². The van der Waals surface area contributed by atoms with Crippen LogP contribution in [-0.4, -0.2) is 28.0 Å². The molecular weight excluding hydrogens is 320 g/mol. The molecule has 6 heteroatoms. The van der Waals surface area contributed by atoms with E-state index in [-0.39, 0.29) is 5.71 Å². The molecule has 0 amide bonds. The molecule has 2 aromatic rings. The summed E-state index contributed by atoms with van der Waals surface area (Å²) in [5.74, 6) is -0.414. The third kappa shape index (κ3) is 3.96. The lowest BCUT2D eigenvalue weighted by molar-refractivity contribution is 0.106. The first-order valence-electron chi connectivity index (χ1n) is 6.36. The smallest absolute Gasteiger partial charge is 0.217 e. The fourth-order valence-corrected chi connectivity index (χ4v) is 2.39. The molecule has 0 saturated heterocycles. The third-order valence-electron chi connectivity index (χ3n) is 2.80. The Morgan fingerprint density at radius 3 is 2.27 bits per heavy atom. The highest BCUT2D eigenvalue weighted by Gasteiger charge is 2.20. The Balaban J connectivity index is 2.35. The molecule has 4 nitrogen and oxygen atoms in total. The van der Waals surface area contributed by atoms with Crippen molar-refractivity contribution in [1.29, 1.82) is 0 Å². The zero-order valence-corrected chi connectivity index (χ0v) is 13.3. The molecule has 0 aromatic heterocycles. The normalized spacial score (nSPS) is 12.3. The van der Waals surface area contributed by atoms with E-state index in [1.54, 1.807) is 42.7 Å². The molecule has 0 radical (unpaired) electrons. The molecule has 22 heavy (non-hydrogen) atoms. The van der Waals surface area contributed by atoms with Crippen molar-refractivity contribution in [2.45, 2.75) is 0 Å². The van der Waals surface area contributed by atoms with Crippen LogP contribution in [-0.2, 0) is 0 Å². The first-order chi connectivity index (χ1) is 10.7. The Labute approximate surface area is 137 Å². The lowest BCUT2D eigenvalue weighted by atomic mass is 10.1. The van der Waals surface area contributed by atoms with Gasteiger partial charge < -0.3 is 5.21 Å². The summed E-state index contributed by atoms with van der Waals surface area (Å²) in [4.78, 5) is 16.8. The van der Waals surface area contributed by atoms with Gasteiger partial charge in [-0.1, -0.05) is 35.0 Å². The number of oxime groups is 1. The van der Waals surface area contributed by atoms with Crippen molar-refractivity contribution in [2.75, 3.05) is 6.26 Å². The highest BCUT2D eigenvalue weighted by Crippen LogP contribution is 2.17. The monoisotopic (exact) mass is 332 g/mol. The number of Topliss-reactive ketones (excluding diaryl/α,β-unsaturated/α-hetero) is 1. The highest BCUT2D eigenvalue weighted by molar-refractivity contribution is 8.15. The van der Waals surface area contributed by atoms with Gasteiger partial charge in [0.25, 0.3) is 0 Å². The fourth-order valence-electron chi connectivity index (χ4n) is 1.74. The number of carbonyl (C=O) groups excluding carboxylic acids is 1. The topological polar surface area (TPSA) is 62.0 Å². The van der Waals surface area contributed by atoms with Crippen molar-refractivity contribution in [3.8, 4) is 0 Å². The predicted octanol–water partition coefficient (Wildman–Crippen LogP) is 4.45. The Morgan fingerprint density at radius 2 is 1.73 bits per heavy atom. The summed E-state index contributed by atoms with van der Waals surface area (Å²) in [6.45, 7) is 0. The van der Waals surface area contributed by atoms with Gasteiger partial charge in [-0.25, -0.2) is 4.99 Å². The Morgan fingerprint density at radius 1 is 1.09 bits per heavy atom. The first kappa shape index (κ1) is 16.3. The molecule has 0 bridgehead atoms. The molecule has 112 valence electrons. The summed E-state index contributed by atoms with van der Waals surface area (Å²) in [6, 6.07) is 15.5. The van der Waals surface area contributed by atoms with Gasteiger partial charge >= 0.3 is 0 Å². The zero-order chi connectivity index (χ0) is 15.9. The average molecular weight is 333 g/mol. The van der Waals surface area contributed by atoms with Crippen molar-refractivity contribution in [3.63, 3.8) is 0 Å². The third-order valence-corrected chi connectivity index (χ3v) is 3.73. The molecule has 0 saturated carbocycles. The Kier molecular flexibility index (Phi) is 5.75. The van der Waals surface area contributed by atoms with Crippen LogP contribution in [0, 0.1) is 0 Å². The number of halogens is 1. The largest absolute Gasteiger partial charge is 0.410 e. The number of ketones is 1. The van der Waals surface area contributed by atoms with E-state index in [2.05, 4.69) is 10.1 Å². The summed E-state index contributed by atoms with van der Waals surface area (Å²) in [5, 5.41) is 13.2. The van der Waals surface area contributed by atoms with Gasteiger partial charge in [0, 0.05) is 10.6 Å². The maximum atomic E-state index is 12.4. The van der Waals surface area contributed by atoms with E-state index in [0.29, 0.717) is 21.3 Å². The van der Waals surface area contributed by atoms with Crippen LogP contribution in [0.3, 0.4) is 0 Å². The molecule has 1 N–H and O–H groups in total. The number of hydrogen-bond acceptors (Lipinski definition) is 5. The van der Waals surface area contributed by atoms with Gasteiger partial charge in [-0.3, -0.25) is 4.79 Å². The van der Waals surface area contributed by atoms with Crippen LogP contribution in [0.4, 0.5) is 5.69 Å². The van der Waals surface area contributed by atoms with Gasteiger partial charge in [0.05, 0.1) is 5.69 Å². The number of aliphatic imine (C=N–C) groups is 1. The van der Waals surface area contributed by atoms with Gasteiger partial charge in [0.2, 0.25) is 5.78 Å². The fraction of sp³-hybridized carbons (Fsp3) is 0.0625. The average Bonchev–Trinajstić information content (AvgIpc) is 2.56. The van der Waals surface area contributed by atoms with Gasteiger partial charge in [-0.05, 0) is 42.7 Å². The van der Waals surface area contributed by atoms with E-state index in [1.165, 1.54) is 11.8 Å². The van der Waals surface area contributed by atoms with Gasteiger partial charge in [-0.15, -0.1) is 11.8 Å².